The second-order valence-corrected chi connectivity index (χ2v) is 6.91. The Morgan fingerprint density at radius 1 is 1.30 bits per heavy atom. The lowest BCUT2D eigenvalue weighted by Gasteiger charge is -2.36. The van der Waals surface area contributed by atoms with Crippen molar-refractivity contribution in [1.29, 1.82) is 0 Å². The fraction of sp³-hybridized carbons (Fsp3) is 0.588. The summed E-state index contributed by atoms with van der Waals surface area (Å²) >= 11 is 0. The van der Waals surface area contributed by atoms with Gasteiger partial charge in [0, 0.05) is 31.1 Å². The van der Waals surface area contributed by atoms with Gasteiger partial charge in [-0.3, -0.25) is 9.88 Å². The summed E-state index contributed by atoms with van der Waals surface area (Å²) in [6.07, 6.45) is 5.65. The Hall–Kier alpha value is -1.79. The van der Waals surface area contributed by atoms with Crippen molar-refractivity contribution in [3.8, 4) is 11.4 Å². The van der Waals surface area contributed by atoms with Crippen LogP contribution in [0, 0.1) is 5.92 Å². The highest BCUT2D eigenvalue weighted by molar-refractivity contribution is 5.52. The largest absolute Gasteiger partial charge is 0.376 e. The predicted octanol–water partition coefficient (Wildman–Crippen LogP) is 2.77. The Morgan fingerprint density at radius 2 is 2.09 bits per heavy atom. The van der Waals surface area contributed by atoms with E-state index in [9.17, 15) is 0 Å². The Balaban J connectivity index is 1.56. The molecule has 23 heavy (non-hydrogen) atoms. The molecule has 2 aromatic heterocycles. The van der Waals surface area contributed by atoms with Gasteiger partial charge >= 0.3 is 0 Å². The van der Waals surface area contributed by atoms with Gasteiger partial charge in [0.05, 0.1) is 12.1 Å². The van der Waals surface area contributed by atoms with Gasteiger partial charge < -0.3 is 9.26 Å². The fourth-order valence-electron chi connectivity index (χ4n) is 3.19. The molecule has 0 amide bonds. The first-order chi connectivity index (χ1) is 11.0. The topological polar surface area (TPSA) is 64.3 Å². The molecular weight excluding hydrogens is 292 g/mol. The molecule has 0 N–H and O–H groups in total. The number of hydrogen-bond donors (Lipinski definition) is 0. The van der Waals surface area contributed by atoms with Gasteiger partial charge in [-0.1, -0.05) is 5.16 Å². The van der Waals surface area contributed by atoms with E-state index in [-0.39, 0.29) is 5.60 Å². The second-order valence-electron chi connectivity index (χ2n) is 6.91. The maximum absolute atomic E-state index is 5.78. The molecule has 0 radical (unpaired) electrons. The summed E-state index contributed by atoms with van der Waals surface area (Å²) in [5.74, 6) is 1.90. The predicted molar refractivity (Wildman–Crippen MR) is 86.6 cm³/mol. The summed E-state index contributed by atoms with van der Waals surface area (Å²) < 4.78 is 11.2. The monoisotopic (exact) mass is 316 g/mol. The summed E-state index contributed by atoms with van der Waals surface area (Å²) in [7, 11) is 2.10. The summed E-state index contributed by atoms with van der Waals surface area (Å²) in [5, 5.41) is 4.05. The van der Waals surface area contributed by atoms with E-state index >= 15 is 0 Å². The van der Waals surface area contributed by atoms with Crippen LogP contribution in [0.15, 0.2) is 29.0 Å². The third-order valence-electron chi connectivity index (χ3n) is 4.18. The zero-order valence-electron chi connectivity index (χ0n) is 14.0. The smallest absolute Gasteiger partial charge is 0.241 e. The van der Waals surface area contributed by atoms with Crippen LogP contribution in [0.2, 0.25) is 0 Å². The molecule has 1 atom stereocenters. The fourth-order valence-corrected chi connectivity index (χ4v) is 3.19. The maximum atomic E-state index is 5.78. The number of ether oxygens (including phenoxy) is 1. The first-order valence-electron chi connectivity index (χ1n) is 8.07. The minimum atomic E-state index is -0.0112. The molecule has 1 aliphatic rings. The third kappa shape index (κ3) is 4.36. The van der Waals surface area contributed by atoms with Crippen molar-refractivity contribution in [2.45, 2.75) is 38.8 Å². The molecule has 3 rings (SSSR count). The number of pyridine rings is 1. The molecule has 0 spiro atoms. The molecule has 6 heteroatoms. The Labute approximate surface area is 136 Å². The molecule has 6 nitrogen and oxygen atoms in total. The normalized spacial score (nSPS) is 20.8. The highest BCUT2D eigenvalue weighted by Crippen LogP contribution is 2.29. The molecule has 2 aromatic rings. The minimum Gasteiger partial charge on any atom is -0.376 e. The van der Waals surface area contributed by atoms with Crippen LogP contribution >= 0.6 is 0 Å². The molecule has 0 saturated carbocycles. The molecule has 1 saturated heterocycles. The average molecular weight is 316 g/mol. The SMILES string of the molecule is CN(Cc1nc(-c2ccncc2)no1)CC1CCOC(C)(C)C1. The van der Waals surface area contributed by atoms with Gasteiger partial charge in [0.15, 0.2) is 0 Å². The van der Waals surface area contributed by atoms with Crippen molar-refractivity contribution in [2.24, 2.45) is 5.92 Å². The van der Waals surface area contributed by atoms with Gasteiger partial charge in [-0.05, 0) is 51.8 Å². The summed E-state index contributed by atoms with van der Waals surface area (Å²) in [6.45, 7) is 6.85. The van der Waals surface area contributed by atoms with Crippen LogP contribution in [-0.2, 0) is 11.3 Å². The molecule has 0 aliphatic carbocycles. The van der Waals surface area contributed by atoms with Gasteiger partial charge in [-0.25, -0.2) is 0 Å². The third-order valence-corrected chi connectivity index (χ3v) is 4.18. The van der Waals surface area contributed by atoms with Crippen LogP contribution in [0.4, 0.5) is 0 Å². The van der Waals surface area contributed by atoms with E-state index < -0.39 is 0 Å². The number of hydrogen-bond acceptors (Lipinski definition) is 6. The van der Waals surface area contributed by atoms with E-state index in [1.165, 1.54) is 0 Å². The van der Waals surface area contributed by atoms with E-state index in [0.717, 1.165) is 31.6 Å². The van der Waals surface area contributed by atoms with Crippen LogP contribution < -0.4 is 0 Å². The number of aromatic nitrogens is 3. The van der Waals surface area contributed by atoms with Crippen LogP contribution in [0.3, 0.4) is 0 Å². The van der Waals surface area contributed by atoms with Gasteiger partial charge in [0.1, 0.15) is 0 Å². The molecule has 3 heterocycles. The molecule has 124 valence electrons. The maximum Gasteiger partial charge on any atom is 0.241 e. The lowest BCUT2D eigenvalue weighted by atomic mass is 9.88. The van der Waals surface area contributed by atoms with E-state index in [1.54, 1.807) is 12.4 Å². The van der Waals surface area contributed by atoms with Crippen molar-refractivity contribution >= 4 is 0 Å². The van der Waals surface area contributed by atoms with Gasteiger partial charge in [0.25, 0.3) is 0 Å². The highest BCUT2D eigenvalue weighted by Gasteiger charge is 2.29. The van der Waals surface area contributed by atoms with Gasteiger partial charge in [-0.15, -0.1) is 0 Å². The quantitative estimate of drug-likeness (QED) is 0.845. The van der Waals surface area contributed by atoms with Crippen molar-refractivity contribution in [3.05, 3.63) is 30.4 Å². The lowest BCUT2D eigenvalue weighted by Crippen LogP contribution is -2.38. The van der Waals surface area contributed by atoms with Crippen molar-refractivity contribution < 1.29 is 9.26 Å². The first kappa shape index (κ1) is 16.1. The van der Waals surface area contributed by atoms with E-state index in [4.69, 9.17) is 9.26 Å². The Morgan fingerprint density at radius 3 is 2.83 bits per heavy atom. The number of nitrogens with zero attached hydrogens (tertiary/aromatic N) is 4. The molecule has 0 aromatic carbocycles. The first-order valence-corrected chi connectivity index (χ1v) is 8.07. The highest BCUT2D eigenvalue weighted by atomic mass is 16.5. The van der Waals surface area contributed by atoms with E-state index in [0.29, 0.717) is 24.2 Å². The molecule has 1 unspecified atom stereocenters. The molecular formula is C17H24N4O2. The van der Waals surface area contributed by atoms with Crippen LogP contribution in [0.5, 0.6) is 0 Å². The Kier molecular flexibility index (Phi) is 4.73. The van der Waals surface area contributed by atoms with E-state index in [2.05, 4.69) is 40.9 Å². The average Bonchev–Trinajstić information content (AvgIpc) is 2.95. The van der Waals surface area contributed by atoms with E-state index in [1.807, 2.05) is 12.1 Å². The zero-order chi connectivity index (χ0) is 16.3. The summed E-state index contributed by atoms with van der Waals surface area (Å²) in [6, 6.07) is 3.75. The minimum absolute atomic E-state index is 0.0112. The summed E-state index contributed by atoms with van der Waals surface area (Å²) in [4.78, 5) is 10.7. The van der Waals surface area contributed by atoms with Gasteiger partial charge in [0.2, 0.25) is 11.7 Å². The van der Waals surface area contributed by atoms with Crippen LogP contribution in [0.1, 0.15) is 32.6 Å². The van der Waals surface area contributed by atoms with Crippen LogP contribution in [-0.4, -0.2) is 45.8 Å². The van der Waals surface area contributed by atoms with Crippen LogP contribution in [0.25, 0.3) is 11.4 Å². The second kappa shape index (κ2) is 6.76. The molecule has 1 fully saturated rings. The van der Waals surface area contributed by atoms with Crippen molar-refractivity contribution in [2.75, 3.05) is 20.2 Å². The number of rotatable bonds is 5. The summed E-state index contributed by atoms with van der Waals surface area (Å²) in [5.41, 5.74) is 0.909. The molecule has 0 bridgehead atoms. The van der Waals surface area contributed by atoms with Crippen molar-refractivity contribution in [3.63, 3.8) is 0 Å². The molecule has 1 aliphatic heterocycles. The zero-order valence-corrected chi connectivity index (χ0v) is 14.0. The standard InChI is InChI=1S/C17H24N4O2/c1-17(2)10-13(6-9-22-17)11-21(3)12-15-19-16(20-23-15)14-4-7-18-8-5-14/h4-5,7-8,13H,6,9-12H2,1-3H3. The van der Waals surface area contributed by atoms with Gasteiger partial charge in [-0.2, -0.15) is 4.98 Å². The Bertz CT molecular complexity index is 627. The van der Waals surface area contributed by atoms with Crippen molar-refractivity contribution in [1.82, 2.24) is 20.0 Å². The lowest BCUT2D eigenvalue weighted by molar-refractivity contribution is -0.0763.